The van der Waals surface area contributed by atoms with Gasteiger partial charge in [-0.3, -0.25) is 9.88 Å². The van der Waals surface area contributed by atoms with Gasteiger partial charge in [-0.15, -0.1) is 0 Å². The van der Waals surface area contributed by atoms with Crippen LogP contribution in [0.25, 0.3) is 11.3 Å². The molecule has 0 radical (unpaired) electrons. The van der Waals surface area contributed by atoms with Gasteiger partial charge in [0.25, 0.3) is 0 Å². The Balaban J connectivity index is 1.41. The second-order valence-corrected chi connectivity index (χ2v) is 9.55. The molecule has 2 aliphatic heterocycles. The molecular weight excluding hydrogens is 476 g/mol. The molecule has 8 nitrogen and oxygen atoms in total. The number of benzene rings is 1. The van der Waals surface area contributed by atoms with Gasteiger partial charge in [0, 0.05) is 37.9 Å². The summed E-state index contributed by atoms with van der Waals surface area (Å²) < 4.78 is 11.9. The summed E-state index contributed by atoms with van der Waals surface area (Å²) in [4.78, 5) is 20.6. The molecule has 3 aromatic rings. The zero-order chi connectivity index (χ0) is 25.1. The average Bonchev–Trinajstić information content (AvgIpc) is 3.50. The van der Waals surface area contributed by atoms with E-state index in [2.05, 4.69) is 20.1 Å². The van der Waals surface area contributed by atoms with Crippen molar-refractivity contribution >= 4 is 23.3 Å². The Morgan fingerprint density at radius 2 is 2.00 bits per heavy atom. The first-order valence-corrected chi connectivity index (χ1v) is 12.6. The van der Waals surface area contributed by atoms with Crippen molar-refractivity contribution in [1.82, 2.24) is 20.1 Å². The van der Waals surface area contributed by atoms with Gasteiger partial charge in [-0.05, 0) is 67.5 Å². The summed E-state index contributed by atoms with van der Waals surface area (Å²) >= 11 is 5.78. The SMILES string of the molecule is Cc1cc(C(=O)O)ccc1-c1ccc([C@@H]2[C@@H](c3ccccn3)NC(=S)N2CCCN2CCOCC2)o1. The summed E-state index contributed by atoms with van der Waals surface area (Å²) in [5.74, 6) is 0.549. The number of morpholine rings is 1. The van der Waals surface area contributed by atoms with Crippen LogP contribution >= 0.6 is 12.2 Å². The lowest BCUT2D eigenvalue weighted by atomic mass is 10.0. The van der Waals surface area contributed by atoms with Crippen molar-refractivity contribution in [3.8, 4) is 11.3 Å². The van der Waals surface area contributed by atoms with E-state index in [1.807, 2.05) is 37.3 Å². The topological polar surface area (TPSA) is 91.1 Å². The van der Waals surface area contributed by atoms with Gasteiger partial charge in [0.1, 0.15) is 17.6 Å². The molecule has 0 spiro atoms. The molecule has 0 bridgehead atoms. The number of aryl methyl sites for hydroxylation is 1. The highest BCUT2D eigenvalue weighted by Crippen LogP contribution is 2.40. The normalized spacial score (nSPS) is 20.5. The van der Waals surface area contributed by atoms with Crippen molar-refractivity contribution < 1.29 is 19.1 Å². The number of aromatic carboxylic acids is 1. The second-order valence-electron chi connectivity index (χ2n) is 9.16. The first-order chi connectivity index (χ1) is 17.5. The molecule has 0 aliphatic carbocycles. The molecule has 188 valence electrons. The van der Waals surface area contributed by atoms with E-state index in [-0.39, 0.29) is 17.6 Å². The highest BCUT2D eigenvalue weighted by Gasteiger charge is 2.41. The number of carboxylic acid groups (broad SMARTS) is 1. The predicted molar refractivity (Wildman–Crippen MR) is 140 cm³/mol. The Morgan fingerprint density at radius 3 is 2.72 bits per heavy atom. The lowest BCUT2D eigenvalue weighted by molar-refractivity contribution is 0.0365. The number of nitrogens with zero attached hydrogens (tertiary/aromatic N) is 3. The standard InChI is InChI=1S/C27H30N4O4S/c1-18-17-19(26(32)33)6-7-20(18)22-8-9-23(35-22)25-24(21-5-2-3-10-28-21)29-27(36)31(25)12-4-11-30-13-15-34-16-14-30/h2-3,5-10,17,24-25H,4,11-16H2,1H3,(H,29,36)(H,32,33)/t24-,25-/m1/s1. The lowest BCUT2D eigenvalue weighted by Gasteiger charge is -2.29. The summed E-state index contributed by atoms with van der Waals surface area (Å²) in [7, 11) is 0. The van der Waals surface area contributed by atoms with Gasteiger partial charge in [0.05, 0.1) is 30.5 Å². The van der Waals surface area contributed by atoms with E-state index < -0.39 is 5.97 Å². The number of carboxylic acids is 1. The Kier molecular flexibility index (Phi) is 7.31. The van der Waals surface area contributed by atoms with Gasteiger partial charge in [-0.25, -0.2) is 4.79 Å². The van der Waals surface area contributed by atoms with E-state index >= 15 is 0 Å². The average molecular weight is 507 g/mol. The number of ether oxygens (including phenoxy) is 1. The summed E-state index contributed by atoms with van der Waals surface area (Å²) in [5, 5.41) is 13.5. The third-order valence-corrected chi connectivity index (χ3v) is 7.18. The van der Waals surface area contributed by atoms with E-state index in [1.54, 1.807) is 24.4 Å². The second kappa shape index (κ2) is 10.8. The summed E-state index contributed by atoms with van der Waals surface area (Å²) in [6.07, 6.45) is 2.76. The minimum Gasteiger partial charge on any atom is -0.478 e. The van der Waals surface area contributed by atoms with E-state index in [0.29, 0.717) is 10.9 Å². The Hall–Kier alpha value is -3.27. The van der Waals surface area contributed by atoms with Crippen LogP contribution in [-0.2, 0) is 4.74 Å². The van der Waals surface area contributed by atoms with Crippen LogP contribution in [0.2, 0.25) is 0 Å². The maximum atomic E-state index is 11.3. The maximum Gasteiger partial charge on any atom is 0.335 e. The van der Waals surface area contributed by atoms with E-state index in [1.165, 1.54) is 0 Å². The number of thiocarbonyl (C=S) groups is 1. The molecule has 1 aromatic carbocycles. The Labute approximate surface area is 215 Å². The van der Waals surface area contributed by atoms with Gasteiger partial charge in [-0.2, -0.15) is 0 Å². The van der Waals surface area contributed by atoms with Crippen LogP contribution in [0, 0.1) is 6.92 Å². The van der Waals surface area contributed by atoms with Crippen LogP contribution in [0.15, 0.2) is 59.1 Å². The van der Waals surface area contributed by atoms with Crippen molar-refractivity contribution in [3.63, 3.8) is 0 Å². The molecule has 0 saturated carbocycles. The minimum absolute atomic E-state index is 0.142. The number of carbonyl (C=O) groups is 1. The van der Waals surface area contributed by atoms with Gasteiger partial charge < -0.3 is 24.5 Å². The molecule has 2 fully saturated rings. The Bertz CT molecular complexity index is 1230. The van der Waals surface area contributed by atoms with Crippen LogP contribution in [-0.4, -0.2) is 70.4 Å². The zero-order valence-corrected chi connectivity index (χ0v) is 21.0. The highest BCUT2D eigenvalue weighted by atomic mass is 32.1. The number of pyridine rings is 1. The molecule has 2 aromatic heterocycles. The van der Waals surface area contributed by atoms with Gasteiger partial charge in [0.2, 0.25) is 0 Å². The van der Waals surface area contributed by atoms with Crippen LogP contribution < -0.4 is 5.32 Å². The van der Waals surface area contributed by atoms with Gasteiger partial charge >= 0.3 is 5.97 Å². The van der Waals surface area contributed by atoms with Crippen molar-refractivity contribution in [3.05, 3.63) is 77.3 Å². The largest absolute Gasteiger partial charge is 0.478 e. The number of aromatic nitrogens is 1. The fourth-order valence-corrected chi connectivity index (χ4v) is 5.31. The van der Waals surface area contributed by atoms with Crippen molar-refractivity contribution in [2.24, 2.45) is 0 Å². The van der Waals surface area contributed by atoms with Crippen molar-refractivity contribution in [1.29, 1.82) is 0 Å². The lowest BCUT2D eigenvalue weighted by Crippen LogP contribution is -2.38. The summed E-state index contributed by atoms with van der Waals surface area (Å²) in [6, 6.07) is 14.6. The van der Waals surface area contributed by atoms with E-state index in [0.717, 1.165) is 68.4 Å². The molecule has 2 saturated heterocycles. The minimum atomic E-state index is -0.943. The third-order valence-electron chi connectivity index (χ3n) is 6.83. The smallest absolute Gasteiger partial charge is 0.335 e. The molecule has 9 heteroatoms. The number of furan rings is 1. The quantitative estimate of drug-likeness (QED) is 0.439. The highest BCUT2D eigenvalue weighted by molar-refractivity contribution is 7.80. The molecule has 0 unspecified atom stereocenters. The monoisotopic (exact) mass is 506 g/mol. The molecule has 2 atom stereocenters. The summed E-state index contributed by atoms with van der Waals surface area (Å²) in [5.41, 5.74) is 2.88. The van der Waals surface area contributed by atoms with Crippen molar-refractivity contribution in [2.45, 2.75) is 25.4 Å². The molecule has 4 heterocycles. The zero-order valence-electron chi connectivity index (χ0n) is 20.2. The number of rotatable bonds is 8. The third kappa shape index (κ3) is 5.13. The predicted octanol–water partition coefficient (Wildman–Crippen LogP) is 4.04. The van der Waals surface area contributed by atoms with Gasteiger partial charge in [0.15, 0.2) is 5.11 Å². The first kappa shape index (κ1) is 24.4. The number of hydrogen-bond donors (Lipinski definition) is 2. The number of hydrogen-bond acceptors (Lipinski definition) is 6. The van der Waals surface area contributed by atoms with E-state index in [4.69, 9.17) is 21.4 Å². The van der Waals surface area contributed by atoms with E-state index in [9.17, 15) is 9.90 Å². The fraction of sp³-hybridized carbons (Fsp3) is 0.370. The van der Waals surface area contributed by atoms with Crippen LogP contribution in [0.5, 0.6) is 0 Å². The Morgan fingerprint density at radius 1 is 1.17 bits per heavy atom. The van der Waals surface area contributed by atoms with Crippen LogP contribution in [0.3, 0.4) is 0 Å². The fourth-order valence-electron chi connectivity index (χ4n) is 4.97. The van der Waals surface area contributed by atoms with Crippen LogP contribution in [0.1, 0.15) is 45.9 Å². The first-order valence-electron chi connectivity index (χ1n) is 12.2. The van der Waals surface area contributed by atoms with Gasteiger partial charge in [-0.1, -0.05) is 12.1 Å². The number of nitrogens with one attached hydrogen (secondary N) is 1. The summed E-state index contributed by atoms with van der Waals surface area (Å²) in [6.45, 7) is 7.17. The molecule has 0 amide bonds. The molecule has 2 N–H and O–H groups in total. The maximum absolute atomic E-state index is 11.3. The molecule has 5 rings (SSSR count). The van der Waals surface area contributed by atoms with Crippen LogP contribution in [0.4, 0.5) is 0 Å². The molecule has 36 heavy (non-hydrogen) atoms. The molecule has 2 aliphatic rings. The van der Waals surface area contributed by atoms with Crippen molar-refractivity contribution in [2.75, 3.05) is 39.4 Å². The molecular formula is C27H30N4O4S.